The Kier molecular flexibility index (Phi) is 5.72. The normalized spacial score (nSPS) is 11.1. The Bertz CT molecular complexity index is 1100. The Morgan fingerprint density at radius 2 is 1.61 bits per heavy atom. The van der Waals surface area contributed by atoms with Crippen molar-refractivity contribution in [3.8, 4) is 0 Å². The molecule has 0 aliphatic carbocycles. The van der Waals surface area contributed by atoms with Crippen molar-refractivity contribution in [3.05, 3.63) is 88.9 Å². The molecule has 3 rings (SSSR count). The van der Waals surface area contributed by atoms with Gasteiger partial charge in [0.15, 0.2) is 0 Å². The molecule has 0 atom stereocenters. The zero-order valence-corrected chi connectivity index (χ0v) is 17.0. The first kappa shape index (κ1) is 19.9. The van der Waals surface area contributed by atoms with Crippen LogP contribution in [0.4, 0.5) is 11.4 Å². The van der Waals surface area contributed by atoms with Gasteiger partial charge in [0.25, 0.3) is 15.9 Å². The molecule has 7 heteroatoms. The van der Waals surface area contributed by atoms with Crippen LogP contribution in [0.3, 0.4) is 0 Å². The van der Waals surface area contributed by atoms with Crippen molar-refractivity contribution >= 4 is 38.9 Å². The number of carbonyl (C=O) groups is 1. The summed E-state index contributed by atoms with van der Waals surface area (Å²) >= 11 is 6.19. The second-order valence-corrected chi connectivity index (χ2v) is 8.65. The zero-order valence-electron chi connectivity index (χ0n) is 15.4. The molecule has 5 nitrogen and oxygen atoms in total. The Hall–Kier alpha value is -2.83. The lowest BCUT2D eigenvalue weighted by Gasteiger charge is -2.20. The predicted molar refractivity (Wildman–Crippen MR) is 113 cm³/mol. The highest BCUT2D eigenvalue weighted by molar-refractivity contribution is 7.92. The van der Waals surface area contributed by atoms with Crippen LogP contribution in [-0.4, -0.2) is 21.4 Å². The molecular weight excluding hydrogens is 396 g/mol. The molecule has 0 unspecified atom stereocenters. The van der Waals surface area contributed by atoms with Gasteiger partial charge in [0.1, 0.15) is 0 Å². The van der Waals surface area contributed by atoms with Gasteiger partial charge in [-0.3, -0.25) is 9.10 Å². The molecule has 3 aromatic rings. The molecule has 0 bridgehead atoms. The van der Waals surface area contributed by atoms with E-state index in [1.807, 2.05) is 19.1 Å². The lowest BCUT2D eigenvalue weighted by atomic mass is 10.1. The summed E-state index contributed by atoms with van der Waals surface area (Å²) in [5.74, 6) is -0.416. The fourth-order valence-corrected chi connectivity index (χ4v) is 4.02. The highest BCUT2D eigenvalue weighted by Gasteiger charge is 2.22. The Balaban J connectivity index is 1.90. The van der Waals surface area contributed by atoms with E-state index in [0.29, 0.717) is 11.4 Å². The van der Waals surface area contributed by atoms with Crippen LogP contribution < -0.4 is 9.62 Å². The molecule has 0 aromatic heterocycles. The molecule has 0 saturated carbocycles. The standard InChI is InChI=1S/C21H19ClN2O3S/c1-15-8-10-16(11-9-15)23-21(25)19-14-17(12-13-20(19)22)24(2)28(26,27)18-6-4-3-5-7-18/h3-14H,1-2H3,(H,23,25). The highest BCUT2D eigenvalue weighted by Crippen LogP contribution is 2.27. The van der Waals surface area contributed by atoms with E-state index in [-0.39, 0.29) is 15.5 Å². The second-order valence-electron chi connectivity index (χ2n) is 6.27. The lowest BCUT2D eigenvalue weighted by molar-refractivity contribution is 0.102. The first-order chi connectivity index (χ1) is 13.3. The maximum atomic E-state index is 12.8. The molecule has 28 heavy (non-hydrogen) atoms. The summed E-state index contributed by atoms with van der Waals surface area (Å²) in [7, 11) is -2.31. The van der Waals surface area contributed by atoms with E-state index >= 15 is 0 Å². The van der Waals surface area contributed by atoms with Crippen molar-refractivity contribution in [2.24, 2.45) is 0 Å². The molecule has 1 amide bonds. The van der Waals surface area contributed by atoms with Gasteiger partial charge in [-0.2, -0.15) is 0 Å². The SMILES string of the molecule is Cc1ccc(NC(=O)c2cc(N(C)S(=O)(=O)c3ccccc3)ccc2Cl)cc1. The number of nitrogens with zero attached hydrogens (tertiary/aromatic N) is 1. The van der Waals surface area contributed by atoms with Crippen LogP contribution >= 0.6 is 11.6 Å². The number of anilines is 2. The number of hydrogen-bond donors (Lipinski definition) is 1. The third kappa shape index (κ3) is 4.18. The Labute approximate surface area is 169 Å². The van der Waals surface area contributed by atoms with Crippen LogP contribution in [-0.2, 0) is 10.0 Å². The number of hydrogen-bond acceptors (Lipinski definition) is 3. The molecule has 0 radical (unpaired) electrons. The van der Waals surface area contributed by atoms with Crippen molar-refractivity contribution in [1.29, 1.82) is 0 Å². The molecule has 0 fully saturated rings. The first-order valence-electron chi connectivity index (χ1n) is 8.50. The van der Waals surface area contributed by atoms with Crippen molar-refractivity contribution < 1.29 is 13.2 Å². The van der Waals surface area contributed by atoms with Crippen LogP contribution in [0, 0.1) is 6.92 Å². The average molecular weight is 415 g/mol. The van der Waals surface area contributed by atoms with E-state index in [2.05, 4.69) is 5.32 Å². The quantitative estimate of drug-likeness (QED) is 0.656. The van der Waals surface area contributed by atoms with E-state index < -0.39 is 15.9 Å². The molecule has 144 valence electrons. The van der Waals surface area contributed by atoms with Gasteiger partial charge in [0.05, 0.1) is 21.2 Å². The summed E-state index contributed by atoms with van der Waals surface area (Å²) in [5, 5.41) is 3.01. The van der Waals surface area contributed by atoms with Crippen molar-refractivity contribution in [2.45, 2.75) is 11.8 Å². The van der Waals surface area contributed by atoms with Crippen LogP contribution in [0.2, 0.25) is 5.02 Å². The van der Waals surface area contributed by atoms with Gasteiger partial charge in [0, 0.05) is 12.7 Å². The minimum Gasteiger partial charge on any atom is -0.322 e. The van der Waals surface area contributed by atoms with Crippen LogP contribution in [0.1, 0.15) is 15.9 Å². The molecule has 0 saturated heterocycles. The van der Waals surface area contributed by atoms with E-state index in [1.54, 1.807) is 36.4 Å². The average Bonchev–Trinajstić information content (AvgIpc) is 2.70. The molecule has 0 aliphatic heterocycles. The largest absolute Gasteiger partial charge is 0.322 e. The van der Waals surface area contributed by atoms with Crippen molar-refractivity contribution in [1.82, 2.24) is 0 Å². The molecule has 0 spiro atoms. The minimum absolute atomic E-state index is 0.165. The zero-order chi connectivity index (χ0) is 20.3. The van der Waals surface area contributed by atoms with Crippen LogP contribution in [0.5, 0.6) is 0 Å². The van der Waals surface area contributed by atoms with E-state index in [1.165, 1.54) is 31.3 Å². The Morgan fingerprint density at radius 1 is 0.964 bits per heavy atom. The molecular formula is C21H19ClN2O3S. The van der Waals surface area contributed by atoms with Gasteiger partial charge in [0.2, 0.25) is 0 Å². The fourth-order valence-electron chi connectivity index (χ4n) is 2.61. The Morgan fingerprint density at radius 3 is 2.25 bits per heavy atom. The number of nitrogens with one attached hydrogen (secondary N) is 1. The van der Waals surface area contributed by atoms with E-state index in [0.717, 1.165) is 9.87 Å². The number of aryl methyl sites for hydroxylation is 1. The lowest BCUT2D eigenvalue weighted by Crippen LogP contribution is -2.27. The van der Waals surface area contributed by atoms with E-state index in [4.69, 9.17) is 11.6 Å². The number of amides is 1. The van der Waals surface area contributed by atoms with Crippen LogP contribution in [0.25, 0.3) is 0 Å². The van der Waals surface area contributed by atoms with Gasteiger partial charge in [-0.15, -0.1) is 0 Å². The monoisotopic (exact) mass is 414 g/mol. The highest BCUT2D eigenvalue weighted by atomic mass is 35.5. The second kappa shape index (κ2) is 8.04. The maximum absolute atomic E-state index is 12.8. The summed E-state index contributed by atoms with van der Waals surface area (Å²) in [6.07, 6.45) is 0. The first-order valence-corrected chi connectivity index (χ1v) is 10.3. The molecule has 0 aliphatic rings. The van der Waals surface area contributed by atoms with Gasteiger partial charge in [-0.25, -0.2) is 8.42 Å². The van der Waals surface area contributed by atoms with Crippen molar-refractivity contribution in [3.63, 3.8) is 0 Å². The number of benzene rings is 3. The number of sulfonamides is 1. The third-order valence-corrected chi connectivity index (χ3v) is 6.40. The van der Waals surface area contributed by atoms with Gasteiger partial charge < -0.3 is 5.32 Å². The van der Waals surface area contributed by atoms with Gasteiger partial charge in [-0.1, -0.05) is 47.5 Å². The topological polar surface area (TPSA) is 66.5 Å². The summed E-state index contributed by atoms with van der Waals surface area (Å²) in [6, 6.07) is 20.0. The van der Waals surface area contributed by atoms with Crippen molar-refractivity contribution in [2.75, 3.05) is 16.7 Å². The smallest absolute Gasteiger partial charge is 0.264 e. The maximum Gasteiger partial charge on any atom is 0.264 e. The summed E-state index contributed by atoms with van der Waals surface area (Å²) in [4.78, 5) is 12.8. The molecule has 1 N–H and O–H groups in total. The van der Waals surface area contributed by atoms with Crippen LogP contribution in [0.15, 0.2) is 77.7 Å². The third-order valence-electron chi connectivity index (χ3n) is 4.27. The summed E-state index contributed by atoms with van der Waals surface area (Å²) in [6.45, 7) is 1.95. The predicted octanol–water partition coefficient (Wildman–Crippen LogP) is 4.73. The van der Waals surface area contributed by atoms with E-state index in [9.17, 15) is 13.2 Å². The number of rotatable bonds is 5. The van der Waals surface area contributed by atoms with Gasteiger partial charge in [-0.05, 0) is 49.4 Å². The summed E-state index contributed by atoms with van der Waals surface area (Å²) < 4.78 is 26.8. The number of carbonyl (C=O) groups excluding carboxylic acids is 1. The van der Waals surface area contributed by atoms with Gasteiger partial charge >= 0.3 is 0 Å². The number of halogens is 1. The summed E-state index contributed by atoms with van der Waals surface area (Å²) in [5.41, 5.74) is 2.23. The molecule has 0 heterocycles. The minimum atomic E-state index is -3.75. The molecule has 3 aromatic carbocycles. The fraction of sp³-hybridized carbons (Fsp3) is 0.0952.